The topological polar surface area (TPSA) is 99.0 Å². The molecule has 0 radical (unpaired) electrons. The van der Waals surface area contributed by atoms with Gasteiger partial charge in [-0.3, -0.25) is 14.8 Å². The minimum absolute atomic E-state index is 0.157. The van der Waals surface area contributed by atoms with E-state index in [1.54, 1.807) is 29.4 Å². The van der Waals surface area contributed by atoms with E-state index in [2.05, 4.69) is 15.6 Å². The van der Waals surface area contributed by atoms with E-state index in [1.165, 1.54) is 4.57 Å². The molecule has 0 saturated carbocycles. The highest BCUT2D eigenvalue weighted by Crippen LogP contribution is 2.19. The van der Waals surface area contributed by atoms with Gasteiger partial charge in [0.25, 0.3) is 0 Å². The zero-order valence-electron chi connectivity index (χ0n) is 10.4. The number of hydrogen-bond acceptors (Lipinski definition) is 4. The summed E-state index contributed by atoms with van der Waals surface area (Å²) in [6, 6.07) is 3.12. The number of carbonyl (C=O) groups excluding carboxylic acids is 1. The predicted octanol–water partition coefficient (Wildman–Crippen LogP) is 0.249. The second-order valence-electron chi connectivity index (χ2n) is 4.44. The molecule has 8 nitrogen and oxygen atoms in total. The van der Waals surface area contributed by atoms with Crippen LogP contribution in [0.1, 0.15) is 0 Å². The molecular weight excluding hydrogens is 262 g/mol. The van der Waals surface area contributed by atoms with Crippen LogP contribution in [0.3, 0.4) is 0 Å². The minimum atomic E-state index is -1.19. The van der Waals surface area contributed by atoms with Crippen molar-refractivity contribution in [2.24, 2.45) is 4.99 Å². The Balaban J connectivity index is 1.82. The third-order valence-electron chi connectivity index (χ3n) is 3.15. The first kappa shape index (κ1) is 12.3. The van der Waals surface area contributed by atoms with Crippen LogP contribution >= 0.6 is 0 Å². The van der Waals surface area contributed by atoms with Crippen LogP contribution in [0.4, 0.5) is 9.59 Å². The number of rotatable bonds is 0. The van der Waals surface area contributed by atoms with Crippen LogP contribution in [0.25, 0.3) is 0 Å². The Hall–Kier alpha value is -2.77. The molecule has 2 atom stereocenters. The van der Waals surface area contributed by atoms with Crippen LogP contribution in [-0.4, -0.2) is 51.4 Å². The van der Waals surface area contributed by atoms with E-state index in [9.17, 15) is 9.59 Å². The highest BCUT2D eigenvalue weighted by molar-refractivity contribution is 5.95. The van der Waals surface area contributed by atoms with E-state index in [4.69, 9.17) is 5.11 Å². The zero-order chi connectivity index (χ0) is 14.1. The molecule has 3 rings (SSSR count). The fourth-order valence-corrected chi connectivity index (χ4v) is 2.29. The van der Waals surface area contributed by atoms with E-state index in [0.29, 0.717) is 6.54 Å². The largest absolute Gasteiger partial charge is 0.465 e. The Labute approximate surface area is 114 Å². The molecule has 3 N–H and O–H groups in total. The van der Waals surface area contributed by atoms with Crippen LogP contribution in [0.5, 0.6) is 0 Å². The van der Waals surface area contributed by atoms with Gasteiger partial charge in [0.2, 0.25) is 5.96 Å². The SMILES string of the molecule is O=C(O)NC1=NC2C(C=CCN2C(=O)n2cccc2)N1. The van der Waals surface area contributed by atoms with Gasteiger partial charge < -0.3 is 10.4 Å². The van der Waals surface area contributed by atoms with Crippen molar-refractivity contribution in [3.63, 3.8) is 0 Å². The quantitative estimate of drug-likeness (QED) is 0.591. The van der Waals surface area contributed by atoms with E-state index in [-0.39, 0.29) is 18.0 Å². The van der Waals surface area contributed by atoms with Crippen molar-refractivity contribution < 1.29 is 14.7 Å². The van der Waals surface area contributed by atoms with Gasteiger partial charge in [-0.15, -0.1) is 0 Å². The third kappa shape index (κ3) is 2.11. The summed E-state index contributed by atoms with van der Waals surface area (Å²) in [6.07, 6.45) is 5.42. The number of aliphatic imine (C=N–C) groups is 1. The summed E-state index contributed by atoms with van der Waals surface area (Å²) in [5.41, 5.74) is 0. The van der Waals surface area contributed by atoms with Crippen molar-refractivity contribution in [1.82, 2.24) is 20.1 Å². The minimum Gasteiger partial charge on any atom is -0.465 e. The molecular formula is C12H13N5O3. The summed E-state index contributed by atoms with van der Waals surface area (Å²) in [7, 11) is 0. The Kier molecular flexibility index (Phi) is 2.90. The number of fused-ring (bicyclic) bond motifs is 1. The number of aromatic nitrogens is 1. The van der Waals surface area contributed by atoms with Crippen LogP contribution in [0.2, 0.25) is 0 Å². The Morgan fingerprint density at radius 3 is 2.85 bits per heavy atom. The molecule has 0 saturated heterocycles. The van der Waals surface area contributed by atoms with Crippen LogP contribution in [0.15, 0.2) is 41.7 Å². The molecule has 104 valence electrons. The molecule has 0 fully saturated rings. The zero-order valence-corrected chi connectivity index (χ0v) is 10.4. The molecule has 2 aliphatic heterocycles. The number of carbonyl (C=O) groups is 2. The Morgan fingerprint density at radius 1 is 1.40 bits per heavy atom. The van der Waals surface area contributed by atoms with Crippen molar-refractivity contribution in [1.29, 1.82) is 0 Å². The summed E-state index contributed by atoms with van der Waals surface area (Å²) in [5, 5.41) is 13.8. The molecule has 2 amide bonds. The number of hydrogen-bond donors (Lipinski definition) is 3. The van der Waals surface area contributed by atoms with Gasteiger partial charge in [-0.2, -0.15) is 0 Å². The lowest BCUT2D eigenvalue weighted by atomic mass is 10.1. The second-order valence-corrected chi connectivity index (χ2v) is 4.44. The molecule has 2 aliphatic rings. The van der Waals surface area contributed by atoms with E-state index < -0.39 is 12.3 Å². The maximum Gasteiger partial charge on any atom is 0.411 e. The first-order valence-electron chi connectivity index (χ1n) is 6.10. The number of nitrogens with zero attached hydrogens (tertiary/aromatic N) is 3. The monoisotopic (exact) mass is 275 g/mol. The number of nitrogens with one attached hydrogen (secondary N) is 2. The van der Waals surface area contributed by atoms with E-state index >= 15 is 0 Å². The van der Waals surface area contributed by atoms with Crippen LogP contribution in [0, 0.1) is 0 Å². The van der Waals surface area contributed by atoms with Gasteiger partial charge in [-0.25, -0.2) is 14.6 Å². The average Bonchev–Trinajstić information content (AvgIpc) is 3.05. The number of carboxylic acid groups (broad SMARTS) is 1. The van der Waals surface area contributed by atoms with Crippen molar-refractivity contribution in [3.05, 3.63) is 36.7 Å². The van der Waals surface area contributed by atoms with Crippen molar-refractivity contribution in [2.75, 3.05) is 6.54 Å². The molecule has 0 spiro atoms. The molecule has 8 heteroatoms. The third-order valence-corrected chi connectivity index (χ3v) is 3.15. The summed E-state index contributed by atoms with van der Waals surface area (Å²) in [6.45, 7) is 0.434. The van der Waals surface area contributed by atoms with Gasteiger partial charge in [0.1, 0.15) is 0 Å². The van der Waals surface area contributed by atoms with Gasteiger partial charge in [-0.1, -0.05) is 12.2 Å². The number of guanidine groups is 1. The van der Waals surface area contributed by atoms with Gasteiger partial charge in [0.15, 0.2) is 6.17 Å². The van der Waals surface area contributed by atoms with Gasteiger partial charge in [0.05, 0.1) is 6.04 Å². The van der Waals surface area contributed by atoms with Gasteiger partial charge >= 0.3 is 12.1 Å². The molecule has 3 heterocycles. The summed E-state index contributed by atoms with van der Waals surface area (Å²) in [5.74, 6) is 0.157. The fraction of sp³-hybridized carbons (Fsp3) is 0.250. The Morgan fingerprint density at radius 2 is 2.15 bits per heavy atom. The highest BCUT2D eigenvalue weighted by Gasteiger charge is 2.37. The standard InChI is InChI=1S/C12H13N5O3/c18-11(19)15-10-13-8-4-3-7-17(9(8)14-10)12(20)16-5-1-2-6-16/h1-6,8-9H,7H2,(H,18,19)(H2,13,14,15). The lowest BCUT2D eigenvalue weighted by molar-refractivity contribution is 0.178. The molecule has 1 aromatic rings. The average molecular weight is 275 g/mol. The Bertz CT molecular complexity index is 592. The fourth-order valence-electron chi connectivity index (χ4n) is 2.29. The van der Waals surface area contributed by atoms with Gasteiger partial charge in [-0.05, 0) is 12.1 Å². The van der Waals surface area contributed by atoms with Crippen molar-refractivity contribution in [2.45, 2.75) is 12.2 Å². The van der Waals surface area contributed by atoms with Crippen molar-refractivity contribution >= 4 is 18.1 Å². The number of amides is 2. The van der Waals surface area contributed by atoms with Crippen LogP contribution < -0.4 is 10.6 Å². The van der Waals surface area contributed by atoms with E-state index in [0.717, 1.165) is 0 Å². The molecule has 0 bridgehead atoms. The van der Waals surface area contributed by atoms with E-state index in [1.807, 2.05) is 12.2 Å². The summed E-state index contributed by atoms with van der Waals surface area (Å²) < 4.78 is 1.47. The summed E-state index contributed by atoms with van der Waals surface area (Å²) in [4.78, 5) is 28.8. The molecule has 20 heavy (non-hydrogen) atoms. The lowest BCUT2D eigenvalue weighted by Gasteiger charge is -2.31. The summed E-state index contributed by atoms with van der Waals surface area (Å²) >= 11 is 0. The molecule has 0 aromatic carbocycles. The molecule has 1 aromatic heterocycles. The normalized spacial score (nSPS) is 23.8. The first-order valence-corrected chi connectivity index (χ1v) is 6.10. The first-order chi connectivity index (χ1) is 9.65. The molecule has 2 unspecified atom stereocenters. The molecule has 0 aliphatic carbocycles. The predicted molar refractivity (Wildman–Crippen MR) is 70.4 cm³/mol. The maximum absolute atomic E-state index is 12.4. The second kappa shape index (κ2) is 4.72. The van der Waals surface area contributed by atoms with Gasteiger partial charge in [0, 0.05) is 18.9 Å². The van der Waals surface area contributed by atoms with Crippen molar-refractivity contribution in [3.8, 4) is 0 Å². The lowest BCUT2D eigenvalue weighted by Crippen LogP contribution is -2.51. The van der Waals surface area contributed by atoms with Crippen LogP contribution in [-0.2, 0) is 0 Å². The smallest absolute Gasteiger partial charge is 0.411 e. The maximum atomic E-state index is 12.4. The highest BCUT2D eigenvalue weighted by atomic mass is 16.4.